The quantitative estimate of drug-likeness (QED) is 0.636. The zero-order chi connectivity index (χ0) is 14.7. The summed E-state index contributed by atoms with van der Waals surface area (Å²) in [6, 6.07) is 7.27. The van der Waals surface area contributed by atoms with Gasteiger partial charge in [0.25, 0.3) is 0 Å². The number of anilines is 1. The Morgan fingerprint density at radius 1 is 1.45 bits per heavy atom. The number of hydrogen-bond acceptors (Lipinski definition) is 6. The first-order chi connectivity index (χ1) is 9.56. The van der Waals surface area contributed by atoms with Crippen molar-refractivity contribution in [3.63, 3.8) is 0 Å². The SMILES string of the molecule is CCOC(=O)C(c1ccccc1Br)c1nnc(N)n1N. The first kappa shape index (κ1) is 14.3. The number of hydrogen-bond donors (Lipinski definition) is 2. The summed E-state index contributed by atoms with van der Waals surface area (Å²) in [5.41, 5.74) is 6.25. The van der Waals surface area contributed by atoms with Gasteiger partial charge in [0.2, 0.25) is 5.95 Å². The predicted octanol–water partition coefficient (Wildman–Crippen LogP) is 1.03. The maximum Gasteiger partial charge on any atom is 0.321 e. The predicted molar refractivity (Wildman–Crippen MR) is 77.2 cm³/mol. The Hall–Kier alpha value is -2.09. The molecule has 1 aromatic carbocycles. The standard InChI is InChI=1S/C12H14BrN5O2/c1-2-20-11(19)9(7-5-3-4-6-8(7)13)10-16-17-12(14)18(10)15/h3-6,9H,2,15H2,1H3,(H2,14,17). The van der Waals surface area contributed by atoms with Crippen LogP contribution in [-0.4, -0.2) is 27.4 Å². The number of nitrogens with two attached hydrogens (primary N) is 2. The highest BCUT2D eigenvalue weighted by Crippen LogP contribution is 2.30. The number of nitrogens with zero attached hydrogens (tertiary/aromatic N) is 3. The molecule has 8 heteroatoms. The van der Waals surface area contributed by atoms with Crippen LogP contribution >= 0.6 is 15.9 Å². The molecular formula is C12H14BrN5O2. The van der Waals surface area contributed by atoms with Gasteiger partial charge < -0.3 is 16.3 Å². The molecule has 4 N–H and O–H groups in total. The van der Waals surface area contributed by atoms with Crippen LogP contribution < -0.4 is 11.6 Å². The average molecular weight is 340 g/mol. The summed E-state index contributed by atoms with van der Waals surface area (Å²) in [7, 11) is 0. The van der Waals surface area contributed by atoms with Crippen LogP contribution in [0.2, 0.25) is 0 Å². The molecule has 106 valence electrons. The largest absolute Gasteiger partial charge is 0.465 e. The van der Waals surface area contributed by atoms with Gasteiger partial charge in [-0.1, -0.05) is 34.1 Å². The summed E-state index contributed by atoms with van der Waals surface area (Å²) in [4.78, 5) is 12.2. The highest BCUT2D eigenvalue weighted by atomic mass is 79.9. The number of benzene rings is 1. The molecule has 0 spiro atoms. The lowest BCUT2D eigenvalue weighted by Gasteiger charge is -2.16. The molecule has 1 atom stereocenters. The zero-order valence-corrected chi connectivity index (χ0v) is 12.4. The molecule has 20 heavy (non-hydrogen) atoms. The normalized spacial score (nSPS) is 12.1. The van der Waals surface area contributed by atoms with E-state index in [1.165, 1.54) is 0 Å². The molecule has 1 aromatic heterocycles. The van der Waals surface area contributed by atoms with Crippen LogP contribution in [0, 0.1) is 0 Å². The molecule has 0 aliphatic carbocycles. The molecule has 0 aliphatic heterocycles. The minimum Gasteiger partial charge on any atom is -0.465 e. The number of halogens is 1. The van der Waals surface area contributed by atoms with E-state index in [0.29, 0.717) is 5.56 Å². The number of carbonyl (C=O) groups is 1. The van der Waals surface area contributed by atoms with Crippen LogP contribution in [0.5, 0.6) is 0 Å². The monoisotopic (exact) mass is 339 g/mol. The summed E-state index contributed by atoms with van der Waals surface area (Å²) in [6.45, 7) is 1.99. The number of nitrogen functional groups attached to an aromatic ring is 2. The summed E-state index contributed by atoms with van der Waals surface area (Å²) < 4.78 is 6.93. The molecule has 0 amide bonds. The third-order valence-corrected chi connectivity index (χ3v) is 3.47. The molecule has 0 bridgehead atoms. The number of aromatic nitrogens is 3. The van der Waals surface area contributed by atoms with Gasteiger partial charge in [-0.2, -0.15) is 0 Å². The Labute approximate surface area is 124 Å². The lowest BCUT2D eigenvalue weighted by atomic mass is 9.98. The van der Waals surface area contributed by atoms with E-state index in [4.69, 9.17) is 16.3 Å². The molecule has 0 aliphatic rings. The number of carbonyl (C=O) groups excluding carboxylic acids is 1. The maximum absolute atomic E-state index is 12.2. The van der Waals surface area contributed by atoms with Crippen molar-refractivity contribution in [2.24, 2.45) is 0 Å². The van der Waals surface area contributed by atoms with E-state index < -0.39 is 11.9 Å². The third-order valence-electron chi connectivity index (χ3n) is 2.75. The van der Waals surface area contributed by atoms with Crippen molar-refractivity contribution in [1.29, 1.82) is 0 Å². The Kier molecular flexibility index (Phi) is 4.23. The fraction of sp³-hybridized carbons (Fsp3) is 0.250. The van der Waals surface area contributed by atoms with Gasteiger partial charge in [0.05, 0.1) is 6.61 Å². The van der Waals surface area contributed by atoms with E-state index >= 15 is 0 Å². The van der Waals surface area contributed by atoms with Crippen molar-refractivity contribution in [3.05, 3.63) is 40.1 Å². The summed E-state index contributed by atoms with van der Waals surface area (Å²) in [5.74, 6) is 4.78. The summed E-state index contributed by atoms with van der Waals surface area (Å²) >= 11 is 3.41. The van der Waals surface area contributed by atoms with Crippen LogP contribution in [0.3, 0.4) is 0 Å². The van der Waals surface area contributed by atoms with Crippen molar-refractivity contribution >= 4 is 27.8 Å². The van der Waals surface area contributed by atoms with Gasteiger partial charge in [0.15, 0.2) is 5.82 Å². The minimum atomic E-state index is -0.791. The zero-order valence-electron chi connectivity index (χ0n) is 10.8. The Morgan fingerprint density at radius 2 is 2.15 bits per heavy atom. The Bertz CT molecular complexity index is 628. The minimum absolute atomic E-state index is 0.0290. The topological polar surface area (TPSA) is 109 Å². The fourth-order valence-electron chi connectivity index (χ4n) is 1.82. The van der Waals surface area contributed by atoms with Crippen LogP contribution in [0.1, 0.15) is 24.2 Å². The van der Waals surface area contributed by atoms with E-state index in [2.05, 4.69) is 26.1 Å². The van der Waals surface area contributed by atoms with Crippen molar-refractivity contribution in [1.82, 2.24) is 14.9 Å². The molecule has 2 rings (SSSR count). The van der Waals surface area contributed by atoms with Crippen LogP contribution in [-0.2, 0) is 9.53 Å². The van der Waals surface area contributed by atoms with E-state index in [0.717, 1.165) is 9.15 Å². The lowest BCUT2D eigenvalue weighted by molar-refractivity contribution is -0.144. The van der Waals surface area contributed by atoms with E-state index in [-0.39, 0.29) is 18.4 Å². The molecule has 1 heterocycles. The summed E-state index contributed by atoms with van der Waals surface area (Å²) in [5, 5.41) is 7.56. The van der Waals surface area contributed by atoms with Crippen LogP contribution in [0.15, 0.2) is 28.7 Å². The molecule has 7 nitrogen and oxygen atoms in total. The second-order valence-corrected chi connectivity index (χ2v) is 4.85. The molecule has 1 unspecified atom stereocenters. The van der Waals surface area contributed by atoms with Gasteiger partial charge in [-0.05, 0) is 18.6 Å². The summed E-state index contributed by atoms with van der Waals surface area (Å²) in [6.07, 6.45) is 0. The molecular weight excluding hydrogens is 326 g/mol. The van der Waals surface area contributed by atoms with Gasteiger partial charge in [0.1, 0.15) is 5.92 Å². The second kappa shape index (κ2) is 5.91. The van der Waals surface area contributed by atoms with E-state index in [1.54, 1.807) is 13.0 Å². The highest BCUT2D eigenvalue weighted by Gasteiger charge is 2.31. The van der Waals surface area contributed by atoms with Crippen molar-refractivity contribution in [3.8, 4) is 0 Å². The Morgan fingerprint density at radius 3 is 2.70 bits per heavy atom. The number of ether oxygens (including phenoxy) is 1. The average Bonchev–Trinajstić information content (AvgIpc) is 2.74. The van der Waals surface area contributed by atoms with Gasteiger partial charge in [-0.3, -0.25) is 4.79 Å². The second-order valence-electron chi connectivity index (χ2n) is 3.99. The lowest BCUT2D eigenvalue weighted by Crippen LogP contribution is -2.25. The Balaban J connectivity index is 2.54. The molecule has 0 fully saturated rings. The highest BCUT2D eigenvalue weighted by molar-refractivity contribution is 9.10. The van der Waals surface area contributed by atoms with Gasteiger partial charge >= 0.3 is 5.97 Å². The smallest absolute Gasteiger partial charge is 0.321 e. The van der Waals surface area contributed by atoms with Gasteiger partial charge in [0, 0.05) is 4.47 Å². The van der Waals surface area contributed by atoms with Crippen molar-refractivity contribution in [2.45, 2.75) is 12.8 Å². The van der Waals surface area contributed by atoms with E-state index in [1.807, 2.05) is 18.2 Å². The third kappa shape index (κ3) is 2.60. The molecule has 2 aromatic rings. The van der Waals surface area contributed by atoms with Gasteiger partial charge in [-0.15, -0.1) is 10.2 Å². The first-order valence-corrected chi connectivity index (χ1v) is 6.72. The maximum atomic E-state index is 12.2. The number of rotatable bonds is 4. The van der Waals surface area contributed by atoms with Crippen molar-refractivity contribution in [2.75, 3.05) is 18.2 Å². The van der Waals surface area contributed by atoms with Crippen LogP contribution in [0.4, 0.5) is 5.95 Å². The molecule has 0 saturated heterocycles. The van der Waals surface area contributed by atoms with Crippen LogP contribution in [0.25, 0.3) is 0 Å². The number of esters is 1. The molecule has 0 radical (unpaired) electrons. The molecule has 0 saturated carbocycles. The van der Waals surface area contributed by atoms with Gasteiger partial charge in [-0.25, -0.2) is 4.68 Å². The van der Waals surface area contributed by atoms with E-state index in [9.17, 15) is 4.79 Å². The first-order valence-electron chi connectivity index (χ1n) is 5.93. The fourth-order valence-corrected chi connectivity index (χ4v) is 2.33. The van der Waals surface area contributed by atoms with Crippen molar-refractivity contribution < 1.29 is 9.53 Å².